The van der Waals surface area contributed by atoms with E-state index in [0.29, 0.717) is 50.1 Å². The number of fused-ring (bicyclic) bond motifs is 1. The van der Waals surface area contributed by atoms with Gasteiger partial charge >= 0.3 is 6.18 Å². The minimum absolute atomic E-state index is 0.250. The molecule has 196 valence electrons. The molecule has 1 aromatic carbocycles. The van der Waals surface area contributed by atoms with Crippen LogP contribution >= 0.6 is 46.1 Å². The van der Waals surface area contributed by atoms with E-state index in [1.807, 2.05) is 6.08 Å². The molecule has 0 spiro atoms. The topological polar surface area (TPSA) is 66.0 Å². The molecule has 3 aromatic rings. The van der Waals surface area contributed by atoms with Gasteiger partial charge in [0, 0.05) is 18.3 Å². The Hall–Kier alpha value is -2.27. The van der Waals surface area contributed by atoms with E-state index in [1.165, 1.54) is 23.5 Å². The molecule has 3 heterocycles. The first-order valence-corrected chi connectivity index (χ1v) is 13.7. The summed E-state index contributed by atoms with van der Waals surface area (Å²) >= 11 is 20.1. The van der Waals surface area contributed by atoms with Crippen LogP contribution in [0.2, 0.25) is 5.02 Å². The van der Waals surface area contributed by atoms with Gasteiger partial charge in [-0.25, -0.2) is 4.98 Å². The van der Waals surface area contributed by atoms with E-state index in [4.69, 9.17) is 44.8 Å². The Morgan fingerprint density at radius 1 is 1.11 bits per heavy atom. The van der Waals surface area contributed by atoms with Gasteiger partial charge in [0.1, 0.15) is 5.52 Å². The summed E-state index contributed by atoms with van der Waals surface area (Å²) in [7, 11) is 0. The van der Waals surface area contributed by atoms with Crippen molar-refractivity contribution in [3.63, 3.8) is 0 Å². The lowest BCUT2D eigenvalue weighted by atomic mass is 10.0. The molecular formula is C24H22Cl3F3N6S. The van der Waals surface area contributed by atoms with Crippen molar-refractivity contribution in [2.45, 2.75) is 50.2 Å². The summed E-state index contributed by atoms with van der Waals surface area (Å²) in [6, 6.07) is 3.73. The number of thiazole rings is 1. The highest BCUT2D eigenvalue weighted by atomic mass is 35.5. The second-order valence-corrected chi connectivity index (χ2v) is 11.2. The van der Waals surface area contributed by atoms with Gasteiger partial charge in [-0.1, -0.05) is 40.6 Å². The van der Waals surface area contributed by atoms with E-state index in [1.54, 1.807) is 6.08 Å². The number of aromatic nitrogens is 3. The molecule has 1 fully saturated rings. The molecule has 0 amide bonds. The largest absolute Gasteiger partial charge is 0.417 e. The van der Waals surface area contributed by atoms with Crippen molar-refractivity contribution < 1.29 is 13.2 Å². The van der Waals surface area contributed by atoms with Gasteiger partial charge in [0.2, 0.25) is 5.95 Å². The Kier molecular flexibility index (Phi) is 7.46. The molecule has 37 heavy (non-hydrogen) atoms. The zero-order valence-corrected chi connectivity index (χ0v) is 22.6. The fraction of sp³-hybridized carbons (Fsp3) is 0.375. The van der Waals surface area contributed by atoms with Gasteiger partial charge in [-0.3, -0.25) is 0 Å². The number of hydrogen-bond acceptors (Lipinski definition) is 7. The van der Waals surface area contributed by atoms with Gasteiger partial charge in [0.25, 0.3) is 0 Å². The molecule has 1 aliphatic heterocycles. The SMILES string of the molecule is CC1CCCCN1c1nc(Nc2ccc(C(F)(F)F)c(Cl)c2)c2nc(NC3=C(Cl)C=CCC3Cl)sc2n1. The van der Waals surface area contributed by atoms with Gasteiger partial charge in [-0.05, 0) is 56.9 Å². The van der Waals surface area contributed by atoms with Crippen LogP contribution in [0.5, 0.6) is 0 Å². The highest BCUT2D eigenvalue weighted by Crippen LogP contribution is 2.39. The predicted octanol–water partition coefficient (Wildman–Crippen LogP) is 8.31. The third-order valence-electron chi connectivity index (χ3n) is 6.26. The van der Waals surface area contributed by atoms with E-state index >= 15 is 0 Å². The van der Waals surface area contributed by atoms with Crippen molar-refractivity contribution in [2.75, 3.05) is 22.1 Å². The number of nitrogens with one attached hydrogen (secondary N) is 2. The molecule has 2 aromatic heterocycles. The average molecular weight is 590 g/mol. The van der Waals surface area contributed by atoms with Crippen molar-refractivity contribution in [3.05, 3.63) is 51.7 Å². The van der Waals surface area contributed by atoms with E-state index in [9.17, 15) is 13.2 Å². The van der Waals surface area contributed by atoms with E-state index in [0.717, 1.165) is 31.9 Å². The lowest BCUT2D eigenvalue weighted by Crippen LogP contribution is -2.38. The minimum Gasteiger partial charge on any atom is -0.338 e. The summed E-state index contributed by atoms with van der Waals surface area (Å²) in [5.41, 5.74) is 0.554. The van der Waals surface area contributed by atoms with Crippen LogP contribution < -0.4 is 15.5 Å². The third-order valence-corrected chi connectivity index (χ3v) is 8.17. The first kappa shape index (κ1) is 26.3. The smallest absolute Gasteiger partial charge is 0.338 e. The Balaban J connectivity index is 1.55. The molecule has 1 saturated heterocycles. The predicted molar refractivity (Wildman–Crippen MR) is 146 cm³/mol. The fourth-order valence-corrected chi connectivity index (χ4v) is 6.07. The van der Waals surface area contributed by atoms with E-state index in [2.05, 4.69) is 27.4 Å². The Morgan fingerprint density at radius 2 is 1.92 bits per heavy atom. The van der Waals surface area contributed by atoms with Crippen LogP contribution in [0, 0.1) is 0 Å². The van der Waals surface area contributed by atoms with Crippen molar-refractivity contribution in [3.8, 4) is 0 Å². The number of alkyl halides is 4. The zero-order chi connectivity index (χ0) is 26.3. The second kappa shape index (κ2) is 10.5. The summed E-state index contributed by atoms with van der Waals surface area (Å²) in [6.07, 6.45) is 2.94. The molecule has 0 bridgehead atoms. The first-order valence-electron chi connectivity index (χ1n) is 11.7. The number of piperidine rings is 1. The maximum Gasteiger partial charge on any atom is 0.417 e. The van der Waals surface area contributed by atoms with Crippen molar-refractivity contribution >= 4 is 79.1 Å². The van der Waals surface area contributed by atoms with Crippen LogP contribution in [0.15, 0.2) is 41.1 Å². The van der Waals surface area contributed by atoms with Crippen LogP contribution in [0.4, 0.5) is 35.8 Å². The highest BCUT2D eigenvalue weighted by molar-refractivity contribution is 7.21. The van der Waals surface area contributed by atoms with Crippen LogP contribution in [0.1, 0.15) is 38.2 Å². The minimum atomic E-state index is -4.55. The molecular weight excluding hydrogens is 568 g/mol. The van der Waals surface area contributed by atoms with Gasteiger partial charge in [0.05, 0.1) is 26.7 Å². The Morgan fingerprint density at radius 3 is 2.62 bits per heavy atom. The number of nitrogens with zero attached hydrogens (tertiary/aromatic N) is 4. The average Bonchev–Trinajstić information content (AvgIpc) is 3.24. The van der Waals surface area contributed by atoms with Crippen LogP contribution in [-0.2, 0) is 6.18 Å². The van der Waals surface area contributed by atoms with Crippen LogP contribution in [-0.4, -0.2) is 32.9 Å². The molecule has 2 N–H and O–H groups in total. The Labute approximate surface area is 230 Å². The third kappa shape index (κ3) is 5.62. The van der Waals surface area contributed by atoms with Crippen molar-refractivity contribution in [1.29, 1.82) is 0 Å². The number of anilines is 4. The molecule has 6 nitrogen and oxygen atoms in total. The van der Waals surface area contributed by atoms with Crippen LogP contribution in [0.3, 0.4) is 0 Å². The summed E-state index contributed by atoms with van der Waals surface area (Å²) in [5, 5.41) is 6.61. The van der Waals surface area contributed by atoms with E-state index < -0.39 is 16.8 Å². The summed E-state index contributed by atoms with van der Waals surface area (Å²) in [4.78, 5) is 16.9. The fourth-order valence-electron chi connectivity index (χ4n) is 4.34. The van der Waals surface area contributed by atoms with Gasteiger partial charge in [0.15, 0.2) is 15.8 Å². The molecule has 2 aliphatic rings. The first-order chi connectivity index (χ1) is 17.6. The standard InChI is InChI=1S/C24H22Cl3F3N6S/c1-12-5-2-3-10-36(12)22-34-20(31-13-8-9-14(17(27)11-13)24(28,29)30)19-21(35-22)37-23(33-19)32-18-15(25)6-4-7-16(18)26/h4,6,8-9,11-12,16H,2-3,5,7,10H2,1H3,(H,32,33)(H,31,34,35). The molecule has 2 unspecified atom stereocenters. The second-order valence-electron chi connectivity index (χ2n) is 8.89. The van der Waals surface area contributed by atoms with Crippen molar-refractivity contribution in [1.82, 2.24) is 15.0 Å². The summed E-state index contributed by atoms with van der Waals surface area (Å²) in [6.45, 7) is 2.94. The summed E-state index contributed by atoms with van der Waals surface area (Å²) < 4.78 is 39.6. The number of allylic oxidation sites excluding steroid dienone is 4. The number of rotatable bonds is 5. The lowest BCUT2D eigenvalue weighted by Gasteiger charge is -2.33. The quantitative estimate of drug-likeness (QED) is 0.292. The molecule has 0 radical (unpaired) electrons. The lowest BCUT2D eigenvalue weighted by molar-refractivity contribution is -0.137. The molecule has 5 rings (SSSR count). The van der Waals surface area contributed by atoms with E-state index in [-0.39, 0.29) is 11.4 Å². The normalized spacial score (nSPS) is 20.6. The van der Waals surface area contributed by atoms with Crippen LogP contribution in [0.25, 0.3) is 10.3 Å². The maximum atomic E-state index is 13.2. The van der Waals surface area contributed by atoms with Gasteiger partial charge in [-0.15, -0.1) is 11.6 Å². The number of halogens is 6. The molecule has 1 aliphatic carbocycles. The molecule has 2 atom stereocenters. The Bertz CT molecular complexity index is 1390. The zero-order valence-electron chi connectivity index (χ0n) is 19.5. The highest BCUT2D eigenvalue weighted by Gasteiger charge is 2.33. The van der Waals surface area contributed by atoms with Gasteiger partial charge < -0.3 is 15.5 Å². The monoisotopic (exact) mass is 588 g/mol. The molecule has 13 heteroatoms. The number of benzene rings is 1. The maximum absolute atomic E-state index is 13.2. The van der Waals surface area contributed by atoms with Gasteiger partial charge in [-0.2, -0.15) is 23.1 Å². The number of hydrogen-bond donors (Lipinski definition) is 2. The summed E-state index contributed by atoms with van der Waals surface area (Å²) in [5.74, 6) is 0.896. The van der Waals surface area contributed by atoms with Crippen molar-refractivity contribution in [2.24, 2.45) is 0 Å². The molecule has 0 saturated carbocycles.